The van der Waals surface area contributed by atoms with Crippen molar-refractivity contribution in [2.24, 2.45) is 10.9 Å². The Morgan fingerprint density at radius 2 is 2.14 bits per heavy atom. The number of thiazole rings is 1. The normalized spacial score (nSPS) is 16.6. The molecule has 0 saturated carbocycles. The van der Waals surface area contributed by atoms with Crippen molar-refractivity contribution in [3.8, 4) is 0 Å². The van der Waals surface area contributed by atoms with Crippen molar-refractivity contribution in [1.29, 1.82) is 0 Å². The van der Waals surface area contributed by atoms with E-state index in [-0.39, 0.29) is 24.0 Å². The van der Waals surface area contributed by atoms with E-state index in [1.807, 2.05) is 0 Å². The number of aryl methyl sites for hydroxylation is 2. The van der Waals surface area contributed by atoms with Crippen LogP contribution in [0.25, 0.3) is 0 Å². The van der Waals surface area contributed by atoms with Crippen LogP contribution in [0.1, 0.15) is 29.6 Å². The average molecular weight is 514 g/mol. The van der Waals surface area contributed by atoms with E-state index in [9.17, 15) is 0 Å². The molecule has 1 N–H and O–H groups in total. The number of benzene rings is 1. The third kappa shape index (κ3) is 7.33. The molecule has 1 aromatic heterocycles. The van der Waals surface area contributed by atoms with Gasteiger partial charge in [0.1, 0.15) is 0 Å². The van der Waals surface area contributed by atoms with Crippen molar-refractivity contribution in [3.05, 3.63) is 52.0 Å². The molecule has 154 valence electrons. The second-order valence-corrected chi connectivity index (χ2v) is 7.94. The molecule has 5 nitrogen and oxygen atoms in total. The second kappa shape index (κ2) is 12.4. The summed E-state index contributed by atoms with van der Waals surface area (Å²) in [7, 11) is 2.10. The van der Waals surface area contributed by atoms with Crippen molar-refractivity contribution >= 4 is 41.3 Å². The monoisotopic (exact) mass is 514 g/mol. The van der Waals surface area contributed by atoms with Gasteiger partial charge in [0.05, 0.1) is 23.9 Å². The molecule has 1 aliphatic heterocycles. The van der Waals surface area contributed by atoms with Gasteiger partial charge in [-0.3, -0.25) is 0 Å². The van der Waals surface area contributed by atoms with Crippen LogP contribution in [-0.4, -0.2) is 49.2 Å². The number of rotatable bonds is 8. The standard InChI is InChI=1S/C21H30N4OS.HI/c1-3-22-21(25(2)14-18-11-12-26-15-18)23-13-19-16-27-20(24-19)10-9-17-7-5-4-6-8-17;/h4-8,16,18H,3,9-15H2,1-2H3,(H,22,23);1H. The quantitative estimate of drug-likeness (QED) is 0.329. The summed E-state index contributed by atoms with van der Waals surface area (Å²) in [5, 5.41) is 6.71. The van der Waals surface area contributed by atoms with Crippen LogP contribution in [0, 0.1) is 5.92 Å². The largest absolute Gasteiger partial charge is 0.381 e. The molecule has 2 heterocycles. The van der Waals surface area contributed by atoms with Crippen LogP contribution in [0.3, 0.4) is 0 Å². The van der Waals surface area contributed by atoms with Gasteiger partial charge in [-0.25, -0.2) is 9.98 Å². The van der Waals surface area contributed by atoms with Crippen LogP contribution in [0.15, 0.2) is 40.7 Å². The molecule has 1 atom stereocenters. The van der Waals surface area contributed by atoms with Gasteiger partial charge < -0.3 is 15.0 Å². The zero-order valence-corrected chi connectivity index (χ0v) is 19.9. The summed E-state index contributed by atoms with van der Waals surface area (Å²) in [6.45, 7) is 6.31. The maximum atomic E-state index is 5.49. The number of halogens is 1. The van der Waals surface area contributed by atoms with E-state index in [4.69, 9.17) is 14.7 Å². The van der Waals surface area contributed by atoms with E-state index < -0.39 is 0 Å². The Labute approximate surface area is 189 Å². The molecule has 0 radical (unpaired) electrons. The molecule has 1 aromatic carbocycles. The first-order chi connectivity index (χ1) is 13.2. The van der Waals surface area contributed by atoms with Crippen LogP contribution < -0.4 is 5.32 Å². The fraction of sp³-hybridized carbons (Fsp3) is 0.524. The minimum absolute atomic E-state index is 0. The number of nitrogens with one attached hydrogen (secondary N) is 1. The highest BCUT2D eigenvalue weighted by Crippen LogP contribution is 2.15. The van der Waals surface area contributed by atoms with Gasteiger partial charge in [0.25, 0.3) is 0 Å². The van der Waals surface area contributed by atoms with Crippen molar-refractivity contribution < 1.29 is 4.74 Å². The Morgan fingerprint density at radius 3 is 2.86 bits per heavy atom. The molecule has 1 fully saturated rings. The Morgan fingerprint density at radius 1 is 1.32 bits per heavy atom. The number of nitrogens with zero attached hydrogens (tertiary/aromatic N) is 3. The molecule has 0 amide bonds. The summed E-state index contributed by atoms with van der Waals surface area (Å²) in [6.07, 6.45) is 3.16. The van der Waals surface area contributed by atoms with Gasteiger partial charge in [-0.1, -0.05) is 30.3 Å². The molecule has 1 saturated heterocycles. The SMILES string of the molecule is CCNC(=NCc1csc(CCc2ccccc2)n1)N(C)CC1CCOC1.I. The predicted molar refractivity (Wildman–Crippen MR) is 128 cm³/mol. The van der Waals surface area contributed by atoms with Gasteiger partial charge >= 0.3 is 0 Å². The van der Waals surface area contributed by atoms with Gasteiger partial charge in [-0.15, -0.1) is 35.3 Å². The van der Waals surface area contributed by atoms with Gasteiger partial charge in [0.15, 0.2) is 5.96 Å². The van der Waals surface area contributed by atoms with Crippen molar-refractivity contribution in [2.75, 3.05) is 33.4 Å². The van der Waals surface area contributed by atoms with Gasteiger partial charge in [0.2, 0.25) is 0 Å². The van der Waals surface area contributed by atoms with E-state index in [0.29, 0.717) is 12.5 Å². The van der Waals surface area contributed by atoms with Crippen molar-refractivity contribution in [3.63, 3.8) is 0 Å². The van der Waals surface area contributed by atoms with Crippen LogP contribution in [-0.2, 0) is 24.1 Å². The molecule has 1 unspecified atom stereocenters. The van der Waals surface area contributed by atoms with Crippen molar-refractivity contribution in [1.82, 2.24) is 15.2 Å². The molecule has 7 heteroatoms. The summed E-state index contributed by atoms with van der Waals surface area (Å²) < 4.78 is 5.49. The van der Waals surface area contributed by atoms with Gasteiger partial charge in [0, 0.05) is 44.5 Å². The molecule has 28 heavy (non-hydrogen) atoms. The topological polar surface area (TPSA) is 49.8 Å². The summed E-state index contributed by atoms with van der Waals surface area (Å²) in [5.74, 6) is 1.55. The molecule has 2 aromatic rings. The highest BCUT2D eigenvalue weighted by atomic mass is 127. The zero-order valence-electron chi connectivity index (χ0n) is 16.8. The number of hydrogen-bond donors (Lipinski definition) is 1. The predicted octanol–water partition coefficient (Wildman–Crippen LogP) is 3.98. The minimum Gasteiger partial charge on any atom is -0.381 e. The highest BCUT2D eigenvalue weighted by molar-refractivity contribution is 14.0. The van der Waals surface area contributed by atoms with E-state index in [2.05, 4.69) is 59.9 Å². The number of ether oxygens (including phenoxy) is 1. The summed E-state index contributed by atoms with van der Waals surface area (Å²) in [4.78, 5) is 11.8. The molecular formula is C21H31IN4OS. The first-order valence-corrected chi connectivity index (χ1v) is 10.7. The molecule has 0 bridgehead atoms. The van der Waals surface area contributed by atoms with Gasteiger partial charge in [-0.05, 0) is 25.3 Å². The molecular weight excluding hydrogens is 483 g/mol. The van der Waals surface area contributed by atoms with Crippen molar-refractivity contribution in [2.45, 2.75) is 32.7 Å². The third-order valence-corrected chi connectivity index (χ3v) is 5.67. The highest BCUT2D eigenvalue weighted by Gasteiger charge is 2.19. The number of hydrogen-bond acceptors (Lipinski definition) is 4. The number of aliphatic imine (C=N–C) groups is 1. The maximum absolute atomic E-state index is 5.49. The fourth-order valence-electron chi connectivity index (χ4n) is 3.26. The lowest BCUT2D eigenvalue weighted by molar-refractivity contribution is 0.181. The Balaban J connectivity index is 0.00000280. The first kappa shape index (κ1) is 23.1. The second-order valence-electron chi connectivity index (χ2n) is 7.00. The minimum atomic E-state index is 0. The summed E-state index contributed by atoms with van der Waals surface area (Å²) >= 11 is 1.74. The zero-order chi connectivity index (χ0) is 18.9. The average Bonchev–Trinajstić information content (AvgIpc) is 3.36. The smallest absolute Gasteiger partial charge is 0.194 e. The maximum Gasteiger partial charge on any atom is 0.194 e. The number of guanidine groups is 1. The van der Waals surface area contributed by atoms with E-state index >= 15 is 0 Å². The molecule has 0 aliphatic carbocycles. The van der Waals surface area contributed by atoms with E-state index in [1.54, 1.807) is 11.3 Å². The van der Waals surface area contributed by atoms with E-state index in [0.717, 1.165) is 57.2 Å². The van der Waals surface area contributed by atoms with Crippen LogP contribution >= 0.6 is 35.3 Å². The fourth-order valence-corrected chi connectivity index (χ4v) is 4.05. The van der Waals surface area contributed by atoms with Gasteiger partial charge in [-0.2, -0.15) is 0 Å². The van der Waals surface area contributed by atoms with Crippen LogP contribution in [0.2, 0.25) is 0 Å². The van der Waals surface area contributed by atoms with Crippen LogP contribution in [0.5, 0.6) is 0 Å². The number of aromatic nitrogens is 1. The Kier molecular flexibility index (Phi) is 10.2. The summed E-state index contributed by atoms with van der Waals surface area (Å²) in [6, 6.07) is 10.6. The Bertz CT molecular complexity index is 716. The molecule has 3 rings (SSSR count). The summed E-state index contributed by atoms with van der Waals surface area (Å²) in [5.41, 5.74) is 2.41. The Hall–Kier alpha value is -1.19. The van der Waals surface area contributed by atoms with E-state index in [1.165, 1.54) is 10.6 Å². The molecule has 0 spiro atoms. The lowest BCUT2D eigenvalue weighted by Gasteiger charge is -2.24. The lowest BCUT2D eigenvalue weighted by atomic mass is 10.1. The first-order valence-electron chi connectivity index (χ1n) is 9.79. The third-order valence-electron chi connectivity index (χ3n) is 4.71. The molecule has 1 aliphatic rings. The van der Waals surface area contributed by atoms with Crippen LogP contribution in [0.4, 0.5) is 0 Å². The lowest BCUT2D eigenvalue weighted by Crippen LogP contribution is -2.41.